The Balaban J connectivity index is 2.09. The van der Waals surface area contributed by atoms with Crippen LogP contribution in [0.4, 0.5) is 5.82 Å². The summed E-state index contributed by atoms with van der Waals surface area (Å²) < 4.78 is 0. The van der Waals surface area contributed by atoms with E-state index in [1.54, 1.807) is 30.5 Å². The van der Waals surface area contributed by atoms with Gasteiger partial charge < -0.3 is 15.9 Å². The minimum atomic E-state index is -0.925. The molecule has 0 aliphatic carbocycles. The Hall–Kier alpha value is -1.91. The first-order valence-electron chi connectivity index (χ1n) is 5.79. The van der Waals surface area contributed by atoms with Crippen LogP contribution in [0.1, 0.15) is 17.2 Å². The Morgan fingerprint density at radius 2 is 1.78 bits per heavy atom. The van der Waals surface area contributed by atoms with Crippen molar-refractivity contribution in [1.29, 1.82) is 0 Å². The van der Waals surface area contributed by atoms with E-state index in [-0.39, 0.29) is 6.42 Å². The van der Waals surface area contributed by atoms with Crippen LogP contribution in [0.2, 0.25) is 0 Å². The molecular weight excluding hydrogens is 228 g/mol. The number of rotatable bonds is 4. The van der Waals surface area contributed by atoms with Gasteiger partial charge in [0.05, 0.1) is 6.10 Å². The second-order valence-corrected chi connectivity index (χ2v) is 4.17. The number of anilines is 1. The van der Waals surface area contributed by atoms with Crippen LogP contribution in [0.3, 0.4) is 0 Å². The first-order valence-corrected chi connectivity index (χ1v) is 5.79. The van der Waals surface area contributed by atoms with Gasteiger partial charge in [0.1, 0.15) is 11.9 Å². The van der Waals surface area contributed by atoms with Crippen molar-refractivity contribution in [2.24, 2.45) is 0 Å². The molecule has 1 aromatic carbocycles. The number of benzene rings is 1. The largest absolute Gasteiger partial charge is 0.390 e. The fourth-order valence-corrected chi connectivity index (χ4v) is 1.83. The first-order chi connectivity index (χ1) is 8.68. The van der Waals surface area contributed by atoms with E-state index in [0.29, 0.717) is 11.4 Å². The molecule has 1 aromatic heterocycles. The molecule has 0 amide bonds. The van der Waals surface area contributed by atoms with Crippen LogP contribution in [0.25, 0.3) is 0 Å². The third-order valence-electron chi connectivity index (χ3n) is 2.86. The van der Waals surface area contributed by atoms with Crippen LogP contribution in [0.5, 0.6) is 0 Å². The predicted molar refractivity (Wildman–Crippen MR) is 69.8 cm³/mol. The highest BCUT2D eigenvalue weighted by atomic mass is 16.3. The summed E-state index contributed by atoms with van der Waals surface area (Å²) >= 11 is 0. The summed E-state index contributed by atoms with van der Waals surface area (Å²) in [4.78, 5) is 3.95. The van der Waals surface area contributed by atoms with Gasteiger partial charge in [-0.05, 0) is 17.2 Å². The molecule has 0 radical (unpaired) electrons. The molecule has 0 bridgehead atoms. The molecule has 2 rings (SSSR count). The molecular formula is C14H16N2O2. The lowest BCUT2D eigenvalue weighted by atomic mass is 9.99. The number of nitrogen functional groups attached to an aromatic ring is 1. The number of aliphatic hydroxyl groups excluding tert-OH is 2. The van der Waals surface area contributed by atoms with E-state index < -0.39 is 12.2 Å². The van der Waals surface area contributed by atoms with E-state index in [4.69, 9.17) is 5.73 Å². The Morgan fingerprint density at radius 3 is 2.44 bits per heavy atom. The van der Waals surface area contributed by atoms with Crippen molar-refractivity contribution in [3.8, 4) is 0 Å². The van der Waals surface area contributed by atoms with Crippen LogP contribution in [-0.4, -0.2) is 21.3 Å². The lowest BCUT2D eigenvalue weighted by Gasteiger charge is -2.18. The van der Waals surface area contributed by atoms with Crippen LogP contribution < -0.4 is 5.73 Å². The third kappa shape index (κ3) is 2.85. The van der Waals surface area contributed by atoms with Crippen LogP contribution >= 0.6 is 0 Å². The first kappa shape index (κ1) is 12.5. The van der Waals surface area contributed by atoms with Gasteiger partial charge in [0.2, 0.25) is 0 Å². The smallest absolute Gasteiger partial charge is 0.126 e. The molecule has 18 heavy (non-hydrogen) atoms. The number of hydrogen-bond acceptors (Lipinski definition) is 4. The molecule has 0 aliphatic rings. The Bertz CT molecular complexity index is 502. The van der Waals surface area contributed by atoms with Gasteiger partial charge >= 0.3 is 0 Å². The normalized spacial score (nSPS) is 14.1. The van der Waals surface area contributed by atoms with E-state index in [1.807, 2.05) is 18.2 Å². The van der Waals surface area contributed by atoms with Crippen molar-refractivity contribution in [3.05, 3.63) is 59.8 Å². The number of pyridine rings is 1. The molecule has 4 N–H and O–H groups in total. The van der Waals surface area contributed by atoms with Crippen molar-refractivity contribution < 1.29 is 10.2 Å². The maximum Gasteiger partial charge on any atom is 0.126 e. The van der Waals surface area contributed by atoms with Crippen molar-refractivity contribution in [3.63, 3.8) is 0 Å². The summed E-state index contributed by atoms with van der Waals surface area (Å²) in [6.07, 6.45) is 0.0406. The Morgan fingerprint density at radius 1 is 1.06 bits per heavy atom. The number of aliphatic hydroxyl groups is 2. The zero-order valence-electron chi connectivity index (χ0n) is 9.90. The van der Waals surface area contributed by atoms with Crippen LogP contribution in [0.15, 0.2) is 48.7 Å². The minimum Gasteiger partial charge on any atom is -0.390 e. The Labute approximate surface area is 106 Å². The number of nitrogens with zero attached hydrogens (tertiary/aromatic N) is 1. The molecule has 2 aromatic rings. The van der Waals surface area contributed by atoms with Gasteiger partial charge in [0.25, 0.3) is 0 Å². The van der Waals surface area contributed by atoms with Gasteiger partial charge in [-0.15, -0.1) is 0 Å². The zero-order chi connectivity index (χ0) is 13.0. The highest BCUT2D eigenvalue weighted by Gasteiger charge is 2.19. The summed E-state index contributed by atoms with van der Waals surface area (Å²) in [6.45, 7) is 0. The highest BCUT2D eigenvalue weighted by Crippen LogP contribution is 2.20. The van der Waals surface area contributed by atoms with Gasteiger partial charge in [0.15, 0.2) is 0 Å². The van der Waals surface area contributed by atoms with Crippen LogP contribution in [0, 0.1) is 0 Å². The molecule has 1 heterocycles. The predicted octanol–water partition coefficient (Wildman–Crippen LogP) is 1.30. The molecule has 0 saturated carbocycles. The maximum absolute atomic E-state index is 10.0. The molecule has 4 nitrogen and oxygen atoms in total. The molecule has 0 saturated heterocycles. The second-order valence-electron chi connectivity index (χ2n) is 4.17. The van der Waals surface area contributed by atoms with Gasteiger partial charge in [-0.1, -0.05) is 36.4 Å². The number of aromatic nitrogens is 1. The van der Waals surface area contributed by atoms with Crippen molar-refractivity contribution >= 4 is 5.82 Å². The van der Waals surface area contributed by atoms with Crippen molar-refractivity contribution in [1.82, 2.24) is 4.98 Å². The fraction of sp³-hybridized carbons (Fsp3) is 0.214. The van der Waals surface area contributed by atoms with Crippen molar-refractivity contribution in [2.75, 3.05) is 5.73 Å². The maximum atomic E-state index is 10.0. The average molecular weight is 244 g/mol. The highest BCUT2D eigenvalue weighted by molar-refractivity contribution is 5.39. The molecule has 0 aliphatic heterocycles. The summed E-state index contributed by atoms with van der Waals surface area (Å²) in [5, 5.41) is 20.0. The van der Waals surface area contributed by atoms with Crippen LogP contribution in [-0.2, 0) is 6.42 Å². The van der Waals surface area contributed by atoms with Gasteiger partial charge in [0, 0.05) is 12.6 Å². The van der Waals surface area contributed by atoms with Gasteiger partial charge in [-0.3, -0.25) is 0 Å². The molecule has 2 atom stereocenters. The fourth-order valence-electron chi connectivity index (χ4n) is 1.83. The summed E-state index contributed by atoms with van der Waals surface area (Å²) in [5.74, 6) is 0.386. The van der Waals surface area contributed by atoms with E-state index >= 15 is 0 Å². The van der Waals surface area contributed by atoms with Gasteiger partial charge in [-0.2, -0.15) is 0 Å². The standard InChI is InChI=1S/C14H16N2O2/c15-14-11(7-4-8-16-14)9-12(17)13(18)10-5-2-1-3-6-10/h1-8,12-13,17-18H,9H2,(H2,15,16). The topological polar surface area (TPSA) is 79.4 Å². The summed E-state index contributed by atoms with van der Waals surface area (Å²) in [6, 6.07) is 12.6. The minimum absolute atomic E-state index is 0.274. The lowest BCUT2D eigenvalue weighted by molar-refractivity contribution is 0.0190. The quantitative estimate of drug-likeness (QED) is 0.757. The van der Waals surface area contributed by atoms with E-state index in [2.05, 4.69) is 4.98 Å². The van der Waals surface area contributed by atoms with Crippen molar-refractivity contribution in [2.45, 2.75) is 18.6 Å². The van der Waals surface area contributed by atoms with E-state index in [9.17, 15) is 10.2 Å². The summed E-state index contributed by atoms with van der Waals surface area (Å²) in [7, 11) is 0. The lowest BCUT2D eigenvalue weighted by Crippen LogP contribution is -2.21. The number of hydrogen-bond donors (Lipinski definition) is 3. The Kier molecular flexibility index (Phi) is 3.92. The zero-order valence-corrected chi connectivity index (χ0v) is 9.90. The van der Waals surface area contributed by atoms with E-state index in [1.165, 1.54) is 0 Å². The molecule has 0 spiro atoms. The van der Waals surface area contributed by atoms with Gasteiger partial charge in [-0.25, -0.2) is 4.98 Å². The molecule has 0 fully saturated rings. The SMILES string of the molecule is Nc1ncccc1CC(O)C(O)c1ccccc1. The number of nitrogens with two attached hydrogens (primary N) is 1. The molecule has 94 valence electrons. The second kappa shape index (κ2) is 5.62. The molecule has 2 unspecified atom stereocenters. The summed E-state index contributed by atoms with van der Waals surface area (Å²) in [5.41, 5.74) is 7.13. The monoisotopic (exact) mass is 244 g/mol. The third-order valence-corrected chi connectivity index (χ3v) is 2.86. The molecule has 4 heteroatoms. The van der Waals surface area contributed by atoms with E-state index in [0.717, 1.165) is 5.56 Å². The average Bonchev–Trinajstić information content (AvgIpc) is 2.41.